The molecule has 0 aliphatic rings. The van der Waals surface area contributed by atoms with Gasteiger partial charge in [-0.05, 0) is 45.4 Å². The van der Waals surface area contributed by atoms with E-state index in [9.17, 15) is 8.78 Å². The van der Waals surface area contributed by atoms with Gasteiger partial charge in [0.2, 0.25) is 0 Å². The number of nitrogens with one attached hydrogen (secondary N) is 1. The molecule has 0 aromatic heterocycles. The van der Waals surface area contributed by atoms with Crippen LogP contribution in [-0.4, -0.2) is 13.1 Å². The summed E-state index contributed by atoms with van der Waals surface area (Å²) in [7, 11) is 1.84. The van der Waals surface area contributed by atoms with Crippen LogP contribution in [0.5, 0.6) is 0 Å². The molecule has 0 saturated carbocycles. The second-order valence-corrected chi connectivity index (χ2v) is 3.89. The van der Waals surface area contributed by atoms with E-state index >= 15 is 0 Å². The lowest BCUT2D eigenvalue weighted by Gasteiger charge is -2.11. The van der Waals surface area contributed by atoms with Gasteiger partial charge in [-0.1, -0.05) is 6.07 Å². The van der Waals surface area contributed by atoms with E-state index in [2.05, 4.69) is 5.32 Å². The molecule has 0 aliphatic carbocycles. The monoisotopic (exact) mass is 213 g/mol. The van der Waals surface area contributed by atoms with Gasteiger partial charge in [0.25, 0.3) is 0 Å². The molecule has 1 nitrogen and oxygen atoms in total. The Kier molecular flexibility index (Phi) is 4.21. The zero-order chi connectivity index (χ0) is 11.4. The number of rotatable bonds is 4. The van der Waals surface area contributed by atoms with Crippen LogP contribution in [0.4, 0.5) is 8.78 Å². The van der Waals surface area contributed by atoms with Crippen molar-refractivity contribution < 1.29 is 8.78 Å². The van der Waals surface area contributed by atoms with Crippen molar-refractivity contribution in [2.45, 2.75) is 32.7 Å². The summed E-state index contributed by atoms with van der Waals surface area (Å²) in [5.41, 5.74) is 0.709. The SMILES string of the molecule is CNC(C)CCc1c(F)ccc(C)c1F. The van der Waals surface area contributed by atoms with E-state index in [0.717, 1.165) is 6.42 Å². The average Bonchev–Trinajstić information content (AvgIpc) is 2.23. The molecule has 1 aromatic rings. The van der Waals surface area contributed by atoms with Crippen LogP contribution in [0.2, 0.25) is 0 Å². The van der Waals surface area contributed by atoms with Crippen molar-refractivity contribution in [3.05, 3.63) is 34.9 Å². The zero-order valence-electron chi connectivity index (χ0n) is 9.40. The van der Waals surface area contributed by atoms with Crippen molar-refractivity contribution in [1.29, 1.82) is 0 Å². The smallest absolute Gasteiger partial charge is 0.132 e. The lowest BCUT2D eigenvalue weighted by atomic mass is 10.0. The fourth-order valence-corrected chi connectivity index (χ4v) is 1.45. The molecule has 0 bridgehead atoms. The van der Waals surface area contributed by atoms with Crippen molar-refractivity contribution in [2.75, 3.05) is 7.05 Å². The minimum Gasteiger partial charge on any atom is -0.317 e. The van der Waals surface area contributed by atoms with Crippen molar-refractivity contribution in [2.24, 2.45) is 0 Å². The van der Waals surface area contributed by atoms with E-state index in [0.29, 0.717) is 12.0 Å². The third-order valence-electron chi connectivity index (χ3n) is 2.70. The largest absolute Gasteiger partial charge is 0.317 e. The van der Waals surface area contributed by atoms with Crippen LogP contribution in [0, 0.1) is 18.6 Å². The topological polar surface area (TPSA) is 12.0 Å². The summed E-state index contributed by atoms with van der Waals surface area (Å²) in [6, 6.07) is 3.07. The van der Waals surface area contributed by atoms with Crippen LogP contribution < -0.4 is 5.32 Å². The quantitative estimate of drug-likeness (QED) is 0.811. The Balaban J connectivity index is 2.80. The maximum Gasteiger partial charge on any atom is 0.132 e. The van der Waals surface area contributed by atoms with Crippen molar-refractivity contribution in [1.82, 2.24) is 5.32 Å². The van der Waals surface area contributed by atoms with Crippen LogP contribution in [-0.2, 0) is 6.42 Å². The van der Waals surface area contributed by atoms with Gasteiger partial charge in [0.1, 0.15) is 11.6 Å². The fourth-order valence-electron chi connectivity index (χ4n) is 1.45. The van der Waals surface area contributed by atoms with E-state index in [1.165, 1.54) is 12.1 Å². The minimum atomic E-state index is -0.443. The minimum absolute atomic E-state index is 0.206. The van der Waals surface area contributed by atoms with Crippen LogP contribution >= 0.6 is 0 Å². The first-order chi connectivity index (χ1) is 7.06. The number of aryl methyl sites for hydroxylation is 1. The van der Waals surface area contributed by atoms with Gasteiger partial charge in [0.05, 0.1) is 0 Å². The highest BCUT2D eigenvalue weighted by molar-refractivity contribution is 5.26. The molecule has 1 atom stereocenters. The Bertz CT molecular complexity index is 337. The third-order valence-corrected chi connectivity index (χ3v) is 2.70. The van der Waals surface area contributed by atoms with Gasteiger partial charge in [-0.3, -0.25) is 0 Å². The van der Waals surface area contributed by atoms with Crippen LogP contribution in [0.25, 0.3) is 0 Å². The van der Waals surface area contributed by atoms with Crippen LogP contribution in [0.1, 0.15) is 24.5 Å². The Morgan fingerprint density at radius 2 is 2.00 bits per heavy atom. The van der Waals surface area contributed by atoms with Gasteiger partial charge in [-0.15, -0.1) is 0 Å². The highest BCUT2D eigenvalue weighted by atomic mass is 19.1. The molecular weight excluding hydrogens is 196 g/mol. The highest BCUT2D eigenvalue weighted by Gasteiger charge is 2.11. The maximum absolute atomic E-state index is 13.6. The van der Waals surface area contributed by atoms with Gasteiger partial charge in [-0.2, -0.15) is 0 Å². The summed E-state index contributed by atoms with van der Waals surface area (Å²) < 4.78 is 26.9. The summed E-state index contributed by atoms with van der Waals surface area (Å²) in [5, 5.41) is 3.04. The Labute approximate surface area is 89.5 Å². The van der Waals surface area contributed by atoms with Crippen molar-refractivity contribution in [3.8, 4) is 0 Å². The normalized spacial score (nSPS) is 12.9. The molecule has 0 heterocycles. The van der Waals surface area contributed by atoms with Gasteiger partial charge in [0, 0.05) is 11.6 Å². The number of hydrogen-bond donors (Lipinski definition) is 1. The molecule has 0 aliphatic heterocycles. The lowest BCUT2D eigenvalue weighted by molar-refractivity contribution is 0.515. The number of benzene rings is 1. The Morgan fingerprint density at radius 3 is 2.60 bits per heavy atom. The molecule has 0 fully saturated rings. The van der Waals surface area contributed by atoms with Gasteiger partial charge in [0.15, 0.2) is 0 Å². The first-order valence-electron chi connectivity index (χ1n) is 5.17. The Morgan fingerprint density at radius 1 is 1.33 bits per heavy atom. The van der Waals surface area contributed by atoms with Crippen molar-refractivity contribution in [3.63, 3.8) is 0 Å². The summed E-state index contributed by atoms with van der Waals surface area (Å²) >= 11 is 0. The molecule has 1 unspecified atom stereocenters. The second-order valence-electron chi connectivity index (χ2n) is 3.89. The molecule has 0 radical (unpaired) electrons. The van der Waals surface area contributed by atoms with Gasteiger partial charge < -0.3 is 5.32 Å². The zero-order valence-corrected chi connectivity index (χ0v) is 9.40. The summed E-state index contributed by atoms with van der Waals surface area (Å²) in [6.45, 7) is 3.64. The number of halogens is 2. The summed E-state index contributed by atoms with van der Waals surface area (Å²) in [5.74, 6) is -0.847. The predicted octanol–water partition coefficient (Wildman–Crippen LogP) is 2.81. The fraction of sp³-hybridized carbons (Fsp3) is 0.500. The lowest BCUT2D eigenvalue weighted by Crippen LogP contribution is -2.22. The number of hydrogen-bond acceptors (Lipinski definition) is 1. The highest BCUT2D eigenvalue weighted by Crippen LogP contribution is 2.18. The molecule has 0 spiro atoms. The second kappa shape index (κ2) is 5.21. The van der Waals surface area contributed by atoms with Crippen LogP contribution in [0.3, 0.4) is 0 Å². The van der Waals surface area contributed by atoms with Gasteiger partial charge in [-0.25, -0.2) is 8.78 Å². The maximum atomic E-state index is 13.6. The van der Waals surface area contributed by atoms with E-state index in [1.54, 1.807) is 6.92 Å². The summed E-state index contributed by atoms with van der Waals surface area (Å²) in [4.78, 5) is 0. The molecule has 3 heteroatoms. The molecule has 1 N–H and O–H groups in total. The third kappa shape index (κ3) is 2.99. The average molecular weight is 213 g/mol. The van der Waals surface area contributed by atoms with Crippen LogP contribution in [0.15, 0.2) is 12.1 Å². The van der Waals surface area contributed by atoms with E-state index < -0.39 is 11.6 Å². The molecule has 84 valence electrons. The first-order valence-corrected chi connectivity index (χ1v) is 5.17. The predicted molar refractivity (Wildman–Crippen MR) is 57.9 cm³/mol. The van der Waals surface area contributed by atoms with Crippen molar-refractivity contribution >= 4 is 0 Å². The van der Waals surface area contributed by atoms with E-state index in [1.807, 2.05) is 14.0 Å². The van der Waals surface area contributed by atoms with Gasteiger partial charge >= 0.3 is 0 Å². The standard InChI is InChI=1S/C12H17F2N/c1-8-4-7-11(13)10(12(8)14)6-5-9(2)15-3/h4,7,9,15H,5-6H2,1-3H3. The molecule has 0 amide bonds. The first kappa shape index (κ1) is 12.1. The molecule has 15 heavy (non-hydrogen) atoms. The molecular formula is C12H17F2N. The molecule has 0 saturated heterocycles. The molecule has 1 rings (SSSR count). The van der Waals surface area contributed by atoms with E-state index in [-0.39, 0.29) is 11.6 Å². The Hall–Kier alpha value is -0.960. The summed E-state index contributed by atoms with van der Waals surface area (Å²) in [6.07, 6.45) is 1.16. The van der Waals surface area contributed by atoms with E-state index in [4.69, 9.17) is 0 Å². The molecule has 1 aromatic carbocycles.